The molecule has 0 spiro atoms. The Balaban J connectivity index is 2.16. The first-order valence-corrected chi connectivity index (χ1v) is 5.30. The quantitative estimate of drug-likeness (QED) is 0.690. The molecule has 0 aliphatic heterocycles. The van der Waals surface area contributed by atoms with Crippen LogP contribution in [-0.2, 0) is 6.54 Å². The summed E-state index contributed by atoms with van der Waals surface area (Å²) >= 11 is 5.26. The minimum Gasteiger partial charge on any atom is -0.467 e. The summed E-state index contributed by atoms with van der Waals surface area (Å²) in [5.74, 6) is 0.883. The first kappa shape index (κ1) is 9.35. The minimum absolute atomic E-state index is 0.635. The molecule has 5 heteroatoms. The van der Waals surface area contributed by atoms with E-state index in [0.29, 0.717) is 11.3 Å². The fraction of sp³-hybridized carbons (Fsp3) is 0.0909. The molecule has 80 valence electrons. The van der Waals surface area contributed by atoms with E-state index in [4.69, 9.17) is 16.6 Å². The topological polar surface area (TPSA) is 46.8 Å². The Morgan fingerprint density at radius 3 is 3.19 bits per heavy atom. The van der Waals surface area contributed by atoms with Crippen molar-refractivity contribution in [2.75, 3.05) is 0 Å². The Labute approximate surface area is 96.5 Å². The van der Waals surface area contributed by atoms with Gasteiger partial charge in [-0.1, -0.05) is 0 Å². The molecule has 1 N–H and O–H groups in total. The number of hydrogen-bond donors (Lipinski definition) is 1. The molecule has 0 bridgehead atoms. The molecule has 3 aromatic heterocycles. The Hall–Kier alpha value is -1.88. The lowest BCUT2D eigenvalue weighted by Crippen LogP contribution is -1.98. The number of aromatic amines is 1. The fourth-order valence-electron chi connectivity index (χ4n) is 1.73. The second kappa shape index (κ2) is 3.61. The van der Waals surface area contributed by atoms with Crippen molar-refractivity contribution < 1.29 is 4.42 Å². The van der Waals surface area contributed by atoms with Gasteiger partial charge in [-0.3, -0.25) is 4.98 Å². The molecule has 0 aliphatic carbocycles. The van der Waals surface area contributed by atoms with E-state index in [2.05, 4.69) is 9.97 Å². The second-order valence-electron chi connectivity index (χ2n) is 3.49. The summed E-state index contributed by atoms with van der Waals surface area (Å²) in [7, 11) is 0. The van der Waals surface area contributed by atoms with Crippen molar-refractivity contribution in [3.8, 4) is 0 Å². The van der Waals surface area contributed by atoms with E-state index in [-0.39, 0.29) is 0 Å². The molecule has 3 aromatic rings. The van der Waals surface area contributed by atoms with Crippen LogP contribution in [0.4, 0.5) is 0 Å². The average Bonchev–Trinajstić information content (AvgIpc) is 2.89. The van der Waals surface area contributed by atoms with Gasteiger partial charge >= 0.3 is 0 Å². The lowest BCUT2D eigenvalue weighted by Gasteiger charge is -2.00. The molecule has 16 heavy (non-hydrogen) atoms. The van der Waals surface area contributed by atoms with Gasteiger partial charge < -0.3 is 14.0 Å². The van der Waals surface area contributed by atoms with Crippen LogP contribution in [0, 0.1) is 4.77 Å². The highest BCUT2D eigenvalue weighted by molar-refractivity contribution is 7.71. The third kappa shape index (κ3) is 1.45. The largest absolute Gasteiger partial charge is 0.467 e. The predicted octanol–water partition coefficient (Wildman–Crippen LogP) is 2.74. The van der Waals surface area contributed by atoms with E-state index in [9.17, 15) is 0 Å². The van der Waals surface area contributed by atoms with Crippen LogP contribution >= 0.6 is 12.2 Å². The van der Waals surface area contributed by atoms with Gasteiger partial charge in [-0.05, 0) is 30.4 Å². The van der Waals surface area contributed by atoms with Crippen LogP contribution in [0.3, 0.4) is 0 Å². The van der Waals surface area contributed by atoms with Gasteiger partial charge in [0.25, 0.3) is 0 Å². The Morgan fingerprint density at radius 2 is 2.38 bits per heavy atom. The number of pyridine rings is 1. The maximum Gasteiger partial charge on any atom is 0.178 e. The monoisotopic (exact) mass is 231 g/mol. The fourth-order valence-corrected chi connectivity index (χ4v) is 2.00. The molecule has 3 rings (SSSR count). The number of H-pyrrole nitrogens is 1. The molecule has 3 heterocycles. The van der Waals surface area contributed by atoms with Crippen molar-refractivity contribution in [2.45, 2.75) is 6.54 Å². The van der Waals surface area contributed by atoms with Crippen molar-refractivity contribution >= 4 is 23.3 Å². The molecule has 0 atom stereocenters. The smallest absolute Gasteiger partial charge is 0.178 e. The number of nitrogens with zero attached hydrogens (tertiary/aromatic N) is 2. The van der Waals surface area contributed by atoms with Crippen LogP contribution in [0.25, 0.3) is 11.0 Å². The Bertz CT molecular complexity index is 666. The van der Waals surface area contributed by atoms with E-state index in [0.717, 1.165) is 16.8 Å². The zero-order chi connectivity index (χ0) is 11.0. The van der Waals surface area contributed by atoms with Crippen LogP contribution in [0.5, 0.6) is 0 Å². The van der Waals surface area contributed by atoms with Gasteiger partial charge in [0.15, 0.2) is 4.77 Å². The maximum absolute atomic E-state index is 5.31. The summed E-state index contributed by atoms with van der Waals surface area (Å²) in [6, 6.07) is 5.74. The molecule has 0 saturated carbocycles. The first-order chi connectivity index (χ1) is 7.84. The molecule has 0 amide bonds. The molecule has 0 radical (unpaired) electrons. The number of furan rings is 1. The number of fused-ring (bicyclic) bond motifs is 1. The molecular formula is C11H9N3OS. The molecule has 0 fully saturated rings. The molecule has 0 aromatic carbocycles. The molecule has 0 saturated heterocycles. The normalized spacial score (nSPS) is 11.0. The van der Waals surface area contributed by atoms with Crippen LogP contribution in [0.2, 0.25) is 0 Å². The second-order valence-corrected chi connectivity index (χ2v) is 3.88. The van der Waals surface area contributed by atoms with Gasteiger partial charge in [-0.2, -0.15) is 0 Å². The third-order valence-corrected chi connectivity index (χ3v) is 2.79. The van der Waals surface area contributed by atoms with Crippen LogP contribution < -0.4 is 0 Å². The highest BCUT2D eigenvalue weighted by Crippen LogP contribution is 2.14. The zero-order valence-corrected chi connectivity index (χ0v) is 9.20. The van der Waals surface area contributed by atoms with Gasteiger partial charge in [0.1, 0.15) is 5.76 Å². The SMILES string of the molecule is S=c1[nH]c2cnccc2n1Cc1ccco1. The molecular weight excluding hydrogens is 222 g/mol. The minimum atomic E-state index is 0.635. The van der Waals surface area contributed by atoms with Crippen LogP contribution in [0.15, 0.2) is 41.3 Å². The molecule has 4 nitrogen and oxygen atoms in total. The van der Waals surface area contributed by atoms with Gasteiger partial charge in [0.2, 0.25) is 0 Å². The van der Waals surface area contributed by atoms with E-state index in [1.54, 1.807) is 18.7 Å². The summed E-state index contributed by atoms with van der Waals surface area (Å²) in [5.41, 5.74) is 1.98. The predicted molar refractivity (Wildman–Crippen MR) is 62.7 cm³/mol. The summed E-state index contributed by atoms with van der Waals surface area (Å²) in [4.78, 5) is 7.16. The van der Waals surface area contributed by atoms with Gasteiger partial charge in [-0.25, -0.2) is 0 Å². The first-order valence-electron chi connectivity index (χ1n) is 4.89. The number of nitrogens with one attached hydrogen (secondary N) is 1. The van der Waals surface area contributed by atoms with Gasteiger partial charge in [0, 0.05) is 6.20 Å². The van der Waals surface area contributed by atoms with Crippen molar-refractivity contribution in [1.82, 2.24) is 14.5 Å². The summed E-state index contributed by atoms with van der Waals surface area (Å²) in [6.07, 6.45) is 5.18. The number of imidazole rings is 1. The standard InChI is InChI=1S/C11H9N3OS/c16-11-13-9-6-12-4-3-10(9)14(11)7-8-2-1-5-15-8/h1-6H,7H2,(H,13,16). The van der Waals surface area contributed by atoms with Crippen molar-refractivity contribution in [1.29, 1.82) is 0 Å². The van der Waals surface area contributed by atoms with E-state index < -0.39 is 0 Å². The molecule has 0 aliphatic rings. The third-order valence-electron chi connectivity index (χ3n) is 2.47. The highest BCUT2D eigenvalue weighted by atomic mass is 32.1. The summed E-state index contributed by atoms with van der Waals surface area (Å²) in [6.45, 7) is 0.635. The molecule has 0 unspecified atom stereocenters. The van der Waals surface area contributed by atoms with E-state index in [1.807, 2.05) is 22.8 Å². The van der Waals surface area contributed by atoms with Crippen LogP contribution in [0.1, 0.15) is 5.76 Å². The maximum atomic E-state index is 5.31. The summed E-state index contributed by atoms with van der Waals surface area (Å²) in [5, 5.41) is 0. The lowest BCUT2D eigenvalue weighted by molar-refractivity contribution is 0.495. The van der Waals surface area contributed by atoms with Crippen LogP contribution in [-0.4, -0.2) is 14.5 Å². The van der Waals surface area contributed by atoms with E-state index in [1.165, 1.54) is 0 Å². The van der Waals surface area contributed by atoms with Gasteiger partial charge in [0.05, 0.1) is 30.0 Å². The average molecular weight is 231 g/mol. The van der Waals surface area contributed by atoms with Crippen molar-refractivity contribution in [2.24, 2.45) is 0 Å². The van der Waals surface area contributed by atoms with Gasteiger partial charge in [-0.15, -0.1) is 0 Å². The van der Waals surface area contributed by atoms with Crippen molar-refractivity contribution in [3.05, 3.63) is 47.4 Å². The number of hydrogen-bond acceptors (Lipinski definition) is 3. The number of rotatable bonds is 2. The Kier molecular flexibility index (Phi) is 2.11. The summed E-state index contributed by atoms with van der Waals surface area (Å²) < 4.78 is 7.99. The lowest BCUT2D eigenvalue weighted by atomic mass is 10.4. The van der Waals surface area contributed by atoms with E-state index >= 15 is 0 Å². The Morgan fingerprint density at radius 1 is 1.44 bits per heavy atom. The van der Waals surface area contributed by atoms with Crippen molar-refractivity contribution in [3.63, 3.8) is 0 Å². The number of aromatic nitrogens is 3. The highest BCUT2D eigenvalue weighted by Gasteiger charge is 2.05. The zero-order valence-electron chi connectivity index (χ0n) is 8.38.